The predicted octanol–water partition coefficient (Wildman–Crippen LogP) is 6.31. The minimum absolute atomic E-state index is 0.0219. The Bertz CT molecular complexity index is 1420. The Labute approximate surface area is 226 Å². The molecule has 0 unspecified atom stereocenters. The van der Waals surface area contributed by atoms with Gasteiger partial charge < -0.3 is 18.9 Å². The predicted molar refractivity (Wildman–Crippen MR) is 136 cm³/mol. The highest BCUT2D eigenvalue weighted by molar-refractivity contribution is 6.32. The maximum Gasteiger partial charge on any atom is 0.573 e. The molecule has 39 heavy (non-hydrogen) atoms. The molecule has 0 spiro atoms. The molecule has 0 N–H and O–H groups in total. The van der Waals surface area contributed by atoms with E-state index in [-0.39, 0.29) is 23.9 Å². The summed E-state index contributed by atoms with van der Waals surface area (Å²) in [6.45, 7) is 2.19. The van der Waals surface area contributed by atoms with E-state index in [0.717, 1.165) is 11.6 Å². The van der Waals surface area contributed by atoms with E-state index in [0.29, 0.717) is 34.9 Å². The van der Waals surface area contributed by atoms with Crippen LogP contribution in [0.5, 0.6) is 17.2 Å². The molecule has 0 bridgehead atoms. The molecule has 4 aromatic rings. The molecule has 0 saturated heterocycles. The van der Waals surface area contributed by atoms with Gasteiger partial charge in [-0.2, -0.15) is 0 Å². The molecule has 0 aliphatic carbocycles. The van der Waals surface area contributed by atoms with Crippen molar-refractivity contribution in [3.8, 4) is 28.4 Å². The smallest absolute Gasteiger partial charge is 0.497 e. The van der Waals surface area contributed by atoms with Crippen molar-refractivity contribution >= 4 is 17.6 Å². The van der Waals surface area contributed by atoms with E-state index in [9.17, 15) is 18.0 Å². The van der Waals surface area contributed by atoms with Gasteiger partial charge in [0.1, 0.15) is 29.5 Å². The lowest BCUT2D eigenvalue weighted by molar-refractivity contribution is -0.274. The van der Waals surface area contributed by atoms with Gasteiger partial charge in [-0.15, -0.1) is 18.3 Å². The first-order valence-electron chi connectivity index (χ1n) is 11.7. The fraction of sp³-hybridized carbons (Fsp3) is 0.222. The number of alkyl halides is 3. The van der Waals surface area contributed by atoms with Crippen LogP contribution in [-0.2, 0) is 17.9 Å². The van der Waals surface area contributed by atoms with Crippen LogP contribution in [0.15, 0.2) is 66.7 Å². The number of carbonyl (C=O) groups excluding carboxylic acids is 1. The molecule has 0 amide bonds. The van der Waals surface area contributed by atoms with E-state index in [1.165, 1.54) is 12.1 Å². The number of nitrogens with zero attached hydrogens (tertiary/aromatic N) is 3. The van der Waals surface area contributed by atoms with E-state index in [1.54, 1.807) is 43.0 Å². The minimum atomic E-state index is -4.84. The summed E-state index contributed by atoms with van der Waals surface area (Å²) in [6, 6.07) is 18.2. The number of hydrogen-bond donors (Lipinski definition) is 0. The van der Waals surface area contributed by atoms with Crippen molar-refractivity contribution in [2.24, 2.45) is 0 Å². The van der Waals surface area contributed by atoms with E-state index >= 15 is 0 Å². The van der Waals surface area contributed by atoms with Gasteiger partial charge in [0.2, 0.25) is 0 Å². The third-order valence-electron chi connectivity index (χ3n) is 5.52. The fourth-order valence-electron chi connectivity index (χ4n) is 3.65. The standard InChI is InChI=1S/C27H23ClF3N3O5/c1-3-37-26(35)25-23(34(33-32-25)15-17-4-9-20(36-2)10-5-17)16-38-21-11-6-18(7-12-21)19-8-13-24(22(28)14-19)39-27(29,30)31/h4-14H,3,15-16H2,1-2H3. The van der Waals surface area contributed by atoms with Crippen LogP contribution in [0.1, 0.15) is 28.7 Å². The highest BCUT2D eigenvalue weighted by Gasteiger charge is 2.32. The molecule has 0 radical (unpaired) electrons. The molecule has 8 nitrogen and oxygen atoms in total. The molecule has 4 rings (SSSR count). The third kappa shape index (κ3) is 7.20. The molecule has 1 aromatic heterocycles. The number of rotatable bonds is 10. The van der Waals surface area contributed by atoms with Gasteiger partial charge in [-0.25, -0.2) is 9.48 Å². The van der Waals surface area contributed by atoms with Gasteiger partial charge >= 0.3 is 12.3 Å². The first kappa shape index (κ1) is 27.8. The van der Waals surface area contributed by atoms with Crippen molar-refractivity contribution in [1.29, 1.82) is 0 Å². The Morgan fingerprint density at radius 2 is 1.64 bits per heavy atom. The second-order valence-electron chi connectivity index (χ2n) is 8.12. The summed E-state index contributed by atoms with van der Waals surface area (Å²) >= 11 is 5.97. The Hall–Kier alpha value is -4.25. The van der Waals surface area contributed by atoms with E-state index in [2.05, 4.69) is 15.0 Å². The summed E-state index contributed by atoms with van der Waals surface area (Å²) in [6.07, 6.45) is -4.84. The van der Waals surface area contributed by atoms with E-state index in [1.807, 2.05) is 24.3 Å². The molecule has 0 atom stereocenters. The Morgan fingerprint density at radius 1 is 0.974 bits per heavy atom. The van der Waals surface area contributed by atoms with Crippen LogP contribution in [0.3, 0.4) is 0 Å². The zero-order chi connectivity index (χ0) is 28.0. The van der Waals surface area contributed by atoms with Gasteiger partial charge in [-0.05, 0) is 60.0 Å². The SMILES string of the molecule is CCOC(=O)c1nnn(Cc2ccc(OC)cc2)c1COc1ccc(-c2ccc(OC(F)(F)F)c(Cl)c2)cc1. The molecular weight excluding hydrogens is 539 g/mol. The van der Waals surface area contributed by atoms with Gasteiger partial charge in [0.05, 0.1) is 25.3 Å². The molecule has 0 aliphatic rings. The summed E-state index contributed by atoms with van der Waals surface area (Å²) in [5.41, 5.74) is 2.68. The number of hydrogen-bond acceptors (Lipinski definition) is 7. The van der Waals surface area contributed by atoms with Crippen LogP contribution in [0.4, 0.5) is 13.2 Å². The van der Waals surface area contributed by atoms with E-state index in [4.69, 9.17) is 25.8 Å². The Morgan fingerprint density at radius 3 is 2.26 bits per heavy atom. The average Bonchev–Trinajstić information content (AvgIpc) is 3.31. The molecule has 0 fully saturated rings. The number of esters is 1. The largest absolute Gasteiger partial charge is 0.573 e. The Kier molecular flexibility index (Phi) is 8.60. The number of ether oxygens (including phenoxy) is 4. The lowest BCUT2D eigenvalue weighted by Gasteiger charge is -2.12. The molecule has 12 heteroatoms. The quantitative estimate of drug-likeness (QED) is 0.210. The molecule has 0 aliphatic heterocycles. The lowest BCUT2D eigenvalue weighted by atomic mass is 10.1. The van der Waals surface area contributed by atoms with Crippen molar-refractivity contribution in [1.82, 2.24) is 15.0 Å². The van der Waals surface area contributed by atoms with Crippen LogP contribution in [0.25, 0.3) is 11.1 Å². The van der Waals surface area contributed by atoms with Crippen LogP contribution in [-0.4, -0.2) is 41.0 Å². The summed E-state index contributed by atoms with van der Waals surface area (Å²) < 4.78 is 59.2. The summed E-state index contributed by atoms with van der Waals surface area (Å²) in [4.78, 5) is 12.5. The average molecular weight is 562 g/mol. The van der Waals surface area contributed by atoms with Crippen molar-refractivity contribution in [3.05, 3.63) is 88.7 Å². The fourth-order valence-corrected chi connectivity index (χ4v) is 3.87. The Balaban J connectivity index is 1.50. The maximum atomic E-state index is 12.5. The first-order valence-corrected chi connectivity index (χ1v) is 12.1. The maximum absolute atomic E-state index is 12.5. The summed E-state index contributed by atoms with van der Waals surface area (Å²) in [5, 5.41) is 7.96. The van der Waals surface area contributed by atoms with Crippen LogP contribution < -0.4 is 14.2 Å². The lowest BCUT2D eigenvalue weighted by Crippen LogP contribution is -2.17. The number of halogens is 4. The highest BCUT2D eigenvalue weighted by Crippen LogP contribution is 2.34. The molecular formula is C27H23ClF3N3O5. The van der Waals surface area contributed by atoms with Crippen molar-refractivity contribution in [3.63, 3.8) is 0 Å². The van der Waals surface area contributed by atoms with Gasteiger partial charge in [-0.1, -0.05) is 47.1 Å². The van der Waals surface area contributed by atoms with Gasteiger partial charge in [-0.3, -0.25) is 0 Å². The number of carbonyl (C=O) groups is 1. The molecule has 3 aromatic carbocycles. The van der Waals surface area contributed by atoms with Gasteiger partial charge in [0, 0.05) is 0 Å². The van der Waals surface area contributed by atoms with Gasteiger partial charge in [0.25, 0.3) is 0 Å². The number of aromatic nitrogens is 3. The van der Waals surface area contributed by atoms with Crippen molar-refractivity contribution < 1.29 is 36.9 Å². The number of methoxy groups -OCH3 is 1. The normalized spacial score (nSPS) is 11.2. The van der Waals surface area contributed by atoms with Crippen molar-refractivity contribution in [2.75, 3.05) is 13.7 Å². The minimum Gasteiger partial charge on any atom is -0.497 e. The highest BCUT2D eigenvalue weighted by atomic mass is 35.5. The second-order valence-corrected chi connectivity index (χ2v) is 8.52. The van der Waals surface area contributed by atoms with Crippen LogP contribution >= 0.6 is 11.6 Å². The van der Waals surface area contributed by atoms with E-state index < -0.39 is 18.1 Å². The van der Waals surface area contributed by atoms with Gasteiger partial charge in [0.15, 0.2) is 5.69 Å². The molecule has 204 valence electrons. The molecule has 1 heterocycles. The number of benzene rings is 3. The molecule has 0 saturated carbocycles. The monoisotopic (exact) mass is 561 g/mol. The van der Waals surface area contributed by atoms with Crippen molar-refractivity contribution in [2.45, 2.75) is 26.4 Å². The van der Waals surface area contributed by atoms with Crippen LogP contribution in [0.2, 0.25) is 5.02 Å². The second kappa shape index (κ2) is 12.1. The topological polar surface area (TPSA) is 84.7 Å². The summed E-state index contributed by atoms with van der Waals surface area (Å²) in [5.74, 6) is 0.102. The zero-order valence-corrected chi connectivity index (χ0v) is 21.6. The van der Waals surface area contributed by atoms with Crippen LogP contribution in [0, 0.1) is 0 Å². The first-order chi connectivity index (χ1) is 18.7. The summed E-state index contributed by atoms with van der Waals surface area (Å²) in [7, 11) is 1.58. The third-order valence-corrected chi connectivity index (χ3v) is 5.81. The zero-order valence-electron chi connectivity index (χ0n) is 20.9.